The molecule has 0 rings (SSSR count). The fraction of sp³-hybridized carbons (Fsp3) is 0.625. The van der Waals surface area contributed by atoms with Crippen LogP contribution in [-0.4, -0.2) is 29.4 Å². The van der Waals surface area contributed by atoms with E-state index in [2.05, 4.69) is 15.7 Å². The van der Waals surface area contributed by atoms with Gasteiger partial charge in [0.05, 0.1) is 5.75 Å². The maximum absolute atomic E-state index is 11.2. The quantitative estimate of drug-likeness (QED) is 0.228. The van der Waals surface area contributed by atoms with E-state index >= 15 is 0 Å². The SMILES string of the molecule is CC(C)CNC(=O)NC(=O)CSC(N)=NN. The van der Waals surface area contributed by atoms with Gasteiger partial charge in [0, 0.05) is 6.54 Å². The van der Waals surface area contributed by atoms with Gasteiger partial charge >= 0.3 is 6.03 Å². The van der Waals surface area contributed by atoms with Gasteiger partial charge in [-0.1, -0.05) is 25.6 Å². The minimum atomic E-state index is -0.512. The normalized spacial score (nSPS) is 11.3. The summed E-state index contributed by atoms with van der Waals surface area (Å²) in [6.07, 6.45) is 0. The number of amides is 3. The Morgan fingerprint density at radius 1 is 1.44 bits per heavy atom. The smallest absolute Gasteiger partial charge is 0.321 e. The zero-order valence-electron chi connectivity index (χ0n) is 9.32. The maximum atomic E-state index is 11.2. The molecule has 0 atom stereocenters. The number of rotatable bonds is 4. The van der Waals surface area contributed by atoms with Crippen molar-refractivity contribution in [3.8, 4) is 0 Å². The Bertz CT molecular complexity index is 280. The minimum Gasteiger partial charge on any atom is -0.377 e. The molecule has 0 radical (unpaired) electrons. The number of hydrogen-bond donors (Lipinski definition) is 4. The van der Waals surface area contributed by atoms with Gasteiger partial charge in [-0.3, -0.25) is 10.1 Å². The molecule has 0 saturated carbocycles. The van der Waals surface area contributed by atoms with Crippen LogP contribution in [0.2, 0.25) is 0 Å². The maximum Gasteiger partial charge on any atom is 0.321 e. The number of imide groups is 1. The van der Waals surface area contributed by atoms with Gasteiger partial charge in [0.1, 0.15) is 0 Å². The Morgan fingerprint density at radius 2 is 2.06 bits per heavy atom. The van der Waals surface area contributed by atoms with Gasteiger partial charge < -0.3 is 16.9 Å². The van der Waals surface area contributed by atoms with E-state index in [1.165, 1.54) is 0 Å². The number of urea groups is 1. The largest absolute Gasteiger partial charge is 0.377 e. The van der Waals surface area contributed by atoms with Crippen molar-refractivity contribution in [3.63, 3.8) is 0 Å². The molecule has 0 heterocycles. The average Bonchev–Trinajstić information content (AvgIpc) is 2.23. The first-order chi connectivity index (χ1) is 7.45. The zero-order chi connectivity index (χ0) is 12.6. The van der Waals surface area contributed by atoms with Gasteiger partial charge in [-0.15, -0.1) is 0 Å². The molecule has 0 aromatic heterocycles. The monoisotopic (exact) mass is 247 g/mol. The van der Waals surface area contributed by atoms with E-state index in [9.17, 15) is 9.59 Å². The van der Waals surface area contributed by atoms with Gasteiger partial charge in [-0.2, -0.15) is 5.10 Å². The molecule has 8 heteroatoms. The molecule has 7 nitrogen and oxygen atoms in total. The van der Waals surface area contributed by atoms with Crippen molar-refractivity contribution < 1.29 is 9.59 Å². The summed E-state index contributed by atoms with van der Waals surface area (Å²) in [4.78, 5) is 22.3. The van der Waals surface area contributed by atoms with Crippen LogP contribution in [0.15, 0.2) is 5.10 Å². The summed E-state index contributed by atoms with van der Waals surface area (Å²) in [5.74, 6) is 4.76. The number of nitrogens with zero attached hydrogens (tertiary/aromatic N) is 1. The third kappa shape index (κ3) is 7.92. The molecule has 0 aromatic carbocycles. The molecule has 0 aromatic rings. The van der Waals surface area contributed by atoms with E-state index in [1.807, 2.05) is 13.8 Å². The summed E-state index contributed by atoms with van der Waals surface area (Å²) in [5.41, 5.74) is 5.26. The van der Waals surface area contributed by atoms with Gasteiger partial charge in [-0.05, 0) is 5.92 Å². The first kappa shape index (κ1) is 14.6. The summed E-state index contributed by atoms with van der Waals surface area (Å²) in [6.45, 7) is 4.42. The van der Waals surface area contributed by atoms with Crippen LogP contribution in [0.25, 0.3) is 0 Å². The Balaban J connectivity index is 3.75. The fourth-order valence-corrected chi connectivity index (χ4v) is 1.11. The van der Waals surface area contributed by atoms with E-state index in [4.69, 9.17) is 11.6 Å². The van der Waals surface area contributed by atoms with E-state index in [-0.39, 0.29) is 10.9 Å². The van der Waals surface area contributed by atoms with Crippen LogP contribution in [0.1, 0.15) is 13.8 Å². The lowest BCUT2D eigenvalue weighted by atomic mass is 10.2. The second-order valence-corrected chi connectivity index (χ2v) is 4.40. The number of thioether (sulfide) groups is 1. The van der Waals surface area contributed by atoms with Gasteiger partial charge in [0.2, 0.25) is 5.91 Å². The van der Waals surface area contributed by atoms with Crippen LogP contribution in [-0.2, 0) is 4.79 Å². The van der Waals surface area contributed by atoms with Crippen molar-refractivity contribution in [3.05, 3.63) is 0 Å². The average molecular weight is 247 g/mol. The number of carbonyl (C=O) groups excluding carboxylic acids is 2. The fourth-order valence-electron chi connectivity index (χ4n) is 0.680. The molecular formula is C8H17N5O2S. The summed E-state index contributed by atoms with van der Waals surface area (Å²) < 4.78 is 0. The van der Waals surface area contributed by atoms with Crippen LogP contribution in [0, 0.1) is 5.92 Å². The second kappa shape index (κ2) is 7.80. The number of carbonyl (C=O) groups is 2. The van der Waals surface area contributed by atoms with Crippen molar-refractivity contribution >= 4 is 28.9 Å². The Kier molecular flexibility index (Phi) is 7.10. The third-order valence-electron chi connectivity index (χ3n) is 1.40. The highest BCUT2D eigenvalue weighted by molar-refractivity contribution is 8.14. The van der Waals surface area contributed by atoms with Crippen molar-refractivity contribution in [2.24, 2.45) is 22.6 Å². The van der Waals surface area contributed by atoms with Crippen molar-refractivity contribution in [2.45, 2.75) is 13.8 Å². The molecule has 0 aliphatic carbocycles. The summed E-state index contributed by atoms with van der Waals surface area (Å²) in [5, 5.41) is 7.97. The number of nitrogens with one attached hydrogen (secondary N) is 2. The second-order valence-electron chi connectivity index (χ2n) is 3.41. The Hall–Kier alpha value is -1.44. The zero-order valence-corrected chi connectivity index (χ0v) is 10.1. The molecule has 0 spiro atoms. The number of nitrogens with two attached hydrogens (primary N) is 2. The van der Waals surface area contributed by atoms with Crippen LogP contribution in [0.4, 0.5) is 4.79 Å². The molecular weight excluding hydrogens is 230 g/mol. The third-order valence-corrected chi connectivity index (χ3v) is 2.21. The molecule has 92 valence electrons. The summed E-state index contributed by atoms with van der Waals surface area (Å²) in [7, 11) is 0. The lowest BCUT2D eigenvalue weighted by molar-refractivity contribution is -0.117. The highest BCUT2D eigenvalue weighted by Gasteiger charge is 2.08. The lowest BCUT2D eigenvalue weighted by Gasteiger charge is -2.08. The van der Waals surface area contributed by atoms with E-state index < -0.39 is 11.9 Å². The van der Waals surface area contributed by atoms with Crippen LogP contribution >= 0.6 is 11.8 Å². The van der Waals surface area contributed by atoms with Crippen molar-refractivity contribution in [1.29, 1.82) is 0 Å². The predicted molar refractivity (Wildman–Crippen MR) is 64.6 cm³/mol. The van der Waals surface area contributed by atoms with Crippen molar-refractivity contribution in [2.75, 3.05) is 12.3 Å². The minimum absolute atomic E-state index is 0.00162. The summed E-state index contributed by atoms with van der Waals surface area (Å²) in [6, 6.07) is -0.512. The number of amidine groups is 1. The molecule has 0 bridgehead atoms. The van der Waals surface area contributed by atoms with Gasteiger partial charge in [-0.25, -0.2) is 4.79 Å². The molecule has 6 N–H and O–H groups in total. The van der Waals surface area contributed by atoms with Crippen LogP contribution < -0.4 is 22.2 Å². The van der Waals surface area contributed by atoms with E-state index in [0.717, 1.165) is 11.8 Å². The van der Waals surface area contributed by atoms with Crippen LogP contribution in [0.5, 0.6) is 0 Å². The van der Waals surface area contributed by atoms with E-state index in [0.29, 0.717) is 12.5 Å². The number of hydrogen-bond acceptors (Lipinski definition) is 5. The molecule has 0 fully saturated rings. The van der Waals surface area contributed by atoms with Gasteiger partial charge in [0.25, 0.3) is 0 Å². The predicted octanol–water partition coefficient (Wildman–Crippen LogP) is -0.610. The Labute approximate surface area is 98.4 Å². The van der Waals surface area contributed by atoms with Gasteiger partial charge in [0.15, 0.2) is 5.17 Å². The molecule has 16 heavy (non-hydrogen) atoms. The molecule has 0 aliphatic rings. The van der Waals surface area contributed by atoms with E-state index in [1.54, 1.807) is 0 Å². The molecule has 0 unspecified atom stereocenters. The highest BCUT2D eigenvalue weighted by Crippen LogP contribution is 1.97. The first-order valence-corrected chi connectivity index (χ1v) is 5.68. The topological polar surface area (TPSA) is 123 Å². The standard InChI is InChI=1S/C8H17N5O2S/c1-5(2)3-11-8(15)12-6(14)4-16-7(9)13-10/h5H,3-4,10H2,1-2H3,(H2,9,13)(H2,11,12,14,15). The first-order valence-electron chi connectivity index (χ1n) is 4.69. The molecule has 0 aliphatic heterocycles. The molecule has 0 saturated heterocycles. The van der Waals surface area contributed by atoms with Crippen molar-refractivity contribution in [1.82, 2.24) is 10.6 Å². The van der Waals surface area contributed by atoms with Crippen LogP contribution in [0.3, 0.4) is 0 Å². The Morgan fingerprint density at radius 3 is 2.56 bits per heavy atom. The number of hydrazone groups is 1. The summed E-state index contributed by atoms with van der Waals surface area (Å²) >= 11 is 0.962. The lowest BCUT2D eigenvalue weighted by Crippen LogP contribution is -2.41. The molecule has 3 amide bonds. The highest BCUT2D eigenvalue weighted by atomic mass is 32.2.